The summed E-state index contributed by atoms with van der Waals surface area (Å²) in [6.07, 6.45) is 3.24. The lowest BCUT2D eigenvalue weighted by Gasteiger charge is -2.35. The fourth-order valence-electron chi connectivity index (χ4n) is 3.47. The second-order valence-electron chi connectivity index (χ2n) is 6.91. The monoisotopic (exact) mass is 437 g/mol. The van der Waals surface area contributed by atoms with Crippen molar-refractivity contribution in [2.75, 3.05) is 32.3 Å². The Kier molecular flexibility index (Phi) is 7.54. The first-order valence-electron chi connectivity index (χ1n) is 10.4. The van der Waals surface area contributed by atoms with Crippen LogP contribution < -0.4 is 14.4 Å². The molecular formula is C25H27NO6. The van der Waals surface area contributed by atoms with Crippen molar-refractivity contribution in [3.63, 3.8) is 0 Å². The highest BCUT2D eigenvalue weighted by Crippen LogP contribution is 2.39. The van der Waals surface area contributed by atoms with E-state index in [4.69, 9.17) is 18.9 Å². The Hall–Kier alpha value is -3.74. The Balaban J connectivity index is 2.16. The number of carbonyl (C=O) groups excluding carboxylic acids is 2. The highest BCUT2D eigenvalue weighted by molar-refractivity contribution is 5.99. The van der Waals surface area contributed by atoms with E-state index in [1.165, 1.54) is 0 Å². The molecule has 1 aliphatic rings. The molecule has 168 valence electrons. The summed E-state index contributed by atoms with van der Waals surface area (Å²) in [7, 11) is 3.19. The standard InChI is InChI=1S/C25H27NO6/c1-5-31-24(27)18-15-22(25(28)32-6-2)23(17-7-11-20(29-3)12-8-17)26(16-18)19-9-13-21(30-4)14-10-19/h7-16,23H,5-6H2,1-4H3. The summed E-state index contributed by atoms with van der Waals surface area (Å²) >= 11 is 0. The van der Waals surface area contributed by atoms with Crippen molar-refractivity contribution < 1.29 is 28.5 Å². The first-order valence-corrected chi connectivity index (χ1v) is 10.4. The zero-order chi connectivity index (χ0) is 23.1. The van der Waals surface area contributed by atoms with Gasteiger partial charge in [-0.25, -0.2) is 9.59 Å². The van der Waals surface area contributed by atoms with Crippen molar-refractivity contribution in [2.24, 2.45) is 0 Å². The van der Waals surface area contributed by atoms with Crippen LogP contribution in [0.1, 0.15) is 25.5 Å². The molecule has 0 aromatic heterocycles. The molecule has 0 bridgehead atoms. The number of carbonyl (C=O) groups is 2. The predicted molar refractivity (Wildman–Crippen MR) is 121 cm³/mol. The second-order valence-corrected chi connectivity index (χ2v) is 6.91. The Labute approximate surface area is 187 Å². The zero-order valence-electron chi connectivity index (χ0n) is 18.7. The molecule has 2 aromatic rings. The summed E-state index contributed by atoms with van der Waals surface area (Å²) in [6.45, 7) is 3.92. The molecule has 1 aliphatic heterocycles. The summed E-state index contributed by atoms with van der Waals surface area (Å²) in [6, 6.07) is 14.3. The Morgan fingerprint density at radius 1 is 0.812 bits per heavy atom. The van der Waals surface area contributed by atoms with Crippen LogP contribution in [0.15, 0.2) is 72.0 Å². The fraction of sp³-hybridized carbons (Fsp3) is 0.280. The molecule has 0 N–H and O–H groups in total. The van der Waals surface area contributed by atoms with Crippen LogP contribution in [0.2, 0.25) is 0 Å². The number of hydrogen-bond donors (Lipinski definition) is 0. The third-order valence-corrected chi connectivity index (χ3v) is 4.99. The van der Waals surface area contributed by atoms with Crippen LogP contribution >= 0.6 is 0 Å². The topological polar surface area (TPSA) is 74.3 Å². The van der Waals surface area contributed by atoms with E-state index < -0.39 is 18.0 Å². The third-order valence-electron chi connectivity index (χ3n) is 4.99. The number of methoxy groups -OCH3 is 2. The van der Waals surface area contributed by atoms with Crippen LogP contribution in [0.4, 0.5) is 5.69 Å². The van der Waals surface area contributed by atoms with Crippen molar-refractivity contribution >= 4 is 17.6 Å². The van der Waals surface area contributed by atoms with Crippen LogP contribution in [0.5, 0.6) is 11.5 Å². The molecule has 0 amide bonds. The fourth-order valence-corrected chi connectivity index (χ4v) is 3.47. The molecule has 1 heterocycles. The number of ether oxygens (including phenoxy) is 4. The summed E-state index contributed by atoms with van der Waals surface area (Å²) in [5.74, 6) is 0.384. The van der Waals surface area contributed by atoms with Gasteiger partial charge in [-0.3, -0.25) is 0 Å². The van der Waals surface area contributed by atoms with Gasteiger partial charge in [0.05, 0.1) is 44.6 Å². The Morgan fingerprint density at radius 3 is 1.88 bits per heavy atom. The molecular weight excluding hydrogens is 410 g/mol. The van der Waals surface area contributed by atoms with Crippen molar-refractivity contribution in [1.29, 1.82) is 0 Å². The van der Waals surface area contributed by atoms with E-state index in [9.17, 15) is 9.59 Å². The number of nitrogens with zero attached hydrogens (tertiary/aromatic N) is 1. The van der Waals surface area contributed by atoms with Gasteiger partial charge in [-0.15, -0.1) is 0 Å². The van der Waals surface area contributed by atoms with Gasteiger partial charge in [0.15, 0.2) is 0 Å². The molecule has 3 rings (SSSR count). The van der Waals surface area contributed by atoms with Gasteiger partial charge in [0.25, 0.3) is 0 Å². The molecule has 0 saturated heterocycles. The van der Waals surface area contributed by atoms with Crippen LogP contribution in [-0.2, 0) is 19.1 Å². The molecule has 1 atom stereocenters. The minimum absolute atomic E-state index is 0.215. The molecule has 0 aliphatic carbocycles. The van der Waals surface area contributed by atoms with E-state index in [2.05, 4.69) is 0 Å². The highest BCUT2D eigenvalue weighted by atomic mass is 16.5. The SMILES string of the molecule is CCOC(=O)C1=CN(c2ccc(OC)cc2)C(c2ccc(OC)cc2)C(C(=O)OCC)=C1. The maximum absolute atomic E-state index is 13.0. The molecule has 7 heteroatoms. The van der Waals surface area contributed by atoms with Crippen LogP contribution in [0.3, 0.4) is 0 Å². The van der Waals surface area contributed by atoms with E-state index in [0.29, 0.717) is 17.1 Å². The molecule has 1 unspecified atom stereocenters. The molecule has 7 nitrogen and oxygen atoms in total. The van der Waals surface area contributed by atoms with E-state index in [1.54, 1.807) is 40.3 Å². The van der Waals surface area contributed by atoms with Gasteiger partial charge in [0.2, 0.25) is 0 Å². The normalized spacial score (nSPS) is 15.4. The maximum Gasteiger partial charge on any atom is 0.339 e. The average molecular weight is 437 g/mol. The molecule has 32 heavy (non-hydrogen) atoms. The lowest BCUT2D eigenvalue weighted by molar-refractivity contribution is -0.138. The lowest BCUT2D eigenvalue weighted by atomic mass is 9.92. The number of esters is 2. The van der Waals surface area contributed by atoms with Crippen molar-refractivity contribution in [3.05, 3.63) is 77.5 Å². The minimum Gasteiger partial charge on any atom is -0.497 e. The Morgan fingerprint density at radius 2 is 1.34 bits per heavy atom. The van der Waals surface area contributed by atoms with Crippen molar-refractivity contribution in [1.82, 2.24) is 0 Å². The van der Waals surface area contributed by atoms with Gasteiger partial charge in [0.1, 0.15) is 11.5 Å². The lowest BCUT2D eigenvalue weighted by Crippen LogP contribution is -2.33. The molecule has 2 aromatic carbocycles. The van der Waals surface area contributed by atoms with Crippen LogP contribution in [0.25, 0.3) is 0 Å². The largest absolute Gasteiger partial charge is 0.497 e. The number of hydrogen-bond acceptors (Lipinski definition) is 7. The number of anilines is 1. The van der Waals surface area contributed by atoms with Crippen LogP contribution in [0, 0.1) is 0 Å². The van der Waals surface area contributed by atoms with Crippen molar-refractivity contribution in [2.45, 2.75) is 19.9 Å². The molecule has 0 radical (unpaired) electrons. The Bertz CT molecular complexity index is 1010. The average Bonchev–Trinajstić information content (AvgIpc) is 2.83. The summed E-state index contributed by atoms with van der Waals surface area (Å²) < 4.78 is 21.1. The minimum atomic E-state index is -0.522. The number of benzene rings is 2. The number of rotatable bonds is 8. The third kappa shape index (κ3) is 4.94. The molecule has 0 fully saturated rings. The smallest absolute Gasteiger partial charge is 0.339 e. The van der Waals surface area contributed by atoms with Gasteiger partial charge in [0, 0.05) is 11.9 Å². The van der Waals surface area contributed by atoms with Gasteiger partial charge in [-0.05, 0) is 61.9 Å². The zero-order valence-corrected chi connectivity index (χ0v) is 18.7. The van der Waals surface area contributed by atoms with Crippen LogP contribution in [-0.4, -0.2) is 39.4 Å². The maximum atomic E-state index is 13.0. The summed E-state index contributed by atoms with van der Waals surface area (Å²) in [4.78, 5) is 27.4. The molecule has 0 spiro atoms. The van der Waals surface area contributed by atoms with E-state index >= 15 is 0 Å². The quantitative estimate of drug-likeness (QED) is 0.573. The summed E-state index contributed by atoms with van der Waals surface area (Å²) in [5, 5.41) is 0. The van der Waals surface area contributed by atoms with E-state index in [-0.39, 0.29) is 18.8 Å². The second kappa shape index (κ2) is 10.5. The van der Waals surface area contributed by atoms with E-state index in [0.717, 1.165) is 11.3 Å². The van der Waals surface area contributed by atoms with Gasteiger partial charge >= 0.3 is 11.9 Å². The molecule has 0 saturated carbocycles. The predicted octanol–water partition coefficient (Wildman–Crippen LogP) is 4.20. The van der Waals surface area contributed by atoms with Gasteiger partial charge < -0.3 is 23.8 Å². The highest BCUT2D eigenvalue weighted by Gasteiger charge is 2.34. The first-order chi connectivity index (χ1) is 15.5. The van der Waals surface area contributed by atoms with E-state index in [1.807, 2.05) is 53.4 Å². The van der Waals surface area contributed by atoms with Gasteiger partial charge in [-0.2, -0.15) is 0 Å². The van der Waals surface area contributed by atoms with Gasteiger partial charge in [-0.1, -0.05) is 12.1 Å². The van der Waals surface area contributed by atoms with Crippen molar-refractivity contribution in [3.8, 4) is 11.5 Å². The first kappa shape index (κ1) is 22.9. The summed E-state index contributed by atoms with van der Waals surface area (Å²) in [5.41, 5.74) is 2.19.